The molecular formula is C19H22FNO4S. The zero-order chi connectivity index (χ0) is 19.3. The molecule has 0 atom stereocenters. The molecule has 0 aromatic heterocycles. The first-order chi connectivity index (χ1) is 12.2. The summed E-state index contributed by atoms with van der Waals surface area (Å²) in [6.45, 7) is 3.53. The molecule has 2 aromatic rings. The van der Waals surface area contributed by atoms with E-state index in [2.05, 4.69) is 0 Å². The summed E-state index contributed by atoms with van der Waals surface area (Å²) >= 11 is 0. The second-order valence-electron chi connectivity index (χ2n) is 6.12. The Morgan fingerprint density at radius 3 is 2.42 bits per heavy atom. The second kappa shape index (κ2) is 8.31. The van der Waals surface area contributed by atoms with Crippen LogP contribution >= 0.6 is 0 Å². The molecule has 0 heterocycles. The topological polar surface area (TPSA) is 63.7 Å². The zero-order valence-electron chi connectivity index (χ0n) is 15.0. The van der Waals surface area contributed by atoms with Crippen LogP contribution in [0.15, 0.2) is 53.4 Å². The Bertz CT molecular complexity index is 866. The highest BCUT2D eigenvalue weighted by Gasteiger charge is 2.23. The number of likely N-dealkylation sites (N-methyl/N-ethyl adjacent to an activating group) is 1. The van der Waals surface area contributed by atoms with Crippen LogP contribution in [0.25, 0.3) is 0 Å². The third-order valence-corrected chi connectivity index (χ3v) is 6.05. The van der Waals surface area contributed by atoms with Crippen molar-refractivity contribution >= 4 is 15.7 Å². The Balaban J connectivity index is 2.10. The minimum atomic E-state index is -3.59. The standard InChI is InChI=1S/C19H22FNO4S/c1-14(2)26(23,24)16-9-10-18(20)17(13-16)19(22)21(3)11-12-25-15-7-5-4-6-8-15/h4-10,13-14H,11-12H2,1-3H3. The molecule has 26 heavy (non-hydrogen) atoms. The van der Waals surface area contributed by atoms with Crippen LogP contribution < -0.4 is 4.74 Å². The van der Waals surface area contributed by atoms with Crippen LogP contribution in [-0.4, -0.2) is 44.7 Å². The number of hydrogen-bond acceptors (Lipinski definition) is 4. The molecule has 0 unspecified atom stereocenters. The number of nitrogens with zero attached hydrogens (tertiary/aromatic N) is 1. The van der Waals surface area contributed by atoms with Crippen molar-refractivity contribution in [3.8, 4) is 5.75 Å². The number of sulfone groups is 1. The van der Waals surface area contributed by atoms with Gasteiger partial charge in [-0.1, -0.05) is 18.2 Å². The van der Waals surface area contributed by atoms with Crippen LogP contribution in [0, 0.1) is 5.82 Å². The number of rotatable bonds is 7. The number of ether oxygens (including phenoxy) is 1. The summed E-state index contributed by atoms with van der Waals surface area (Å²) in [5.41, 5.74) is -0.270. The molecule has 5 nitrogen and oxygen atoms in total. The summed E-state index contributed by atoms with van der Waals surface area (Å²) in [5, 5.41) is -0.659. The highest BCUT2D eigenvalue weighted by atomic mass is 32.2. The normalized spacial score (nSPS) is 11.4. The van der Waals surface area contributed by atoms with Crippen molar-refractivity contribution in [3.05, 3.63) is 59.9 Å². The van der Waals surface area contributed by atoms with Gasteiger partial charge in [0.05, 0.1) is 22.3 Å². The van der Waals surface area contributed by atoms with E-state index in [9.17, 15) is 17.6 Å². The quantitative estimate of drug-likeness (QED) is 0.693. The number of para-hydroxylation sites is 1. The summed E-state index contributed by atoms with van der Waals surface area (Å²) in [6.07, 6.45) is 0. The van der Waals surface area contributed by atoms with E-state index in [-0.39, 0.29) is 23.6 Å². The molecule has 0 aliphatic rings. The van der Waals surface area contributed by atoms with E-state index in [1.165, 1.54) is 31.9 Å². The van der Waals surface area contributed by atoms with Crippen LogP contribution in [0.3, 0.4) is 0 Å². The molecule has 140 valence electrons. The van der Waals surface area contributed by atoms with E-state index < -0.39 is 26.8 Å². The Kier molecular flexibility index (Phi) is 6.37. The van der Waals surface area contributed by atoms with E-state index >= 15 is 0 Å². The SMILES string of the molecule is CC(C)S(=O)(=O)c1ccc(F)c(C(=O)N(C)CCOc2ccccc2)c1. The van der Waals surface area contributed by atoms with Gasteiger partial charge in [0.2, 0.25) is 0 Å². The molecule has 2 aromatic carbocycles. The van der Waals surface area contributed by atoms with Crippen molar-refractivity contribution in [2.24, 2.45) is 0 Å². The van der Waals surface area contributed by atoms with E-state index in [0.29, 0.717) is 5.75 Å². The molecule has 0 saturated carbocycles. The maximum Gasteiger partial charge on any atom is 0.256 e. The molecule has 0 saturated heterocycles. The van der Waals surface area contributed by atoms with Gasteiger partial charge >= 0.3 is 0 Å². The van der Waals surface area contributed by atoms with Gasteiger partial charge < -0.3 is 9.64 Å². The molecule has 0 N–H and O–H groups in total. The summed E-state index contributed by atoms with van der Waals surface area (Å²) in [4.78, 5) is 13.7. The first-order valence-corrected chi connectivity index (χ1v) is 9.75. The first kappa shape index (κ1) is 19.9. The fourth-order valence-corrected chi connectivity index (χ4v) is 3.33. The number of hydrogen-bond donors (Lipinski definition) is 0. The average molecular weight is 379 g/mol. The second-order valence-corrected chi connectivity index (χ2v) is 8.63. The third-order valence-electron chi connectivity index (χ3n) is 3.90. The van der Waals surface area contributed by atoms with Crippen molar-refractivity contribution < 1.29 is 22.3 Å². The molecule has 0 aliphatic heterocycles. The first-order valence-electron chi connectivity index (χ1n) is 8.20. The van der Waals surface area contributed by atoms with Crippen LogP contribution in [0.4, 0.5) is 4.39 Å². The summed E-state index contributed by atoms with van der Waals surface area (Å²) in [6, 6.07) is 12.4. The lowest BCUT2D eigenvalue weighted by atomic mass is 10.2. The molecule has 7 heteroatoms. The van der Waals surface area contributed by atoms with E-state index in [1.54, 1.807) is 12.1 Å². The largest absolute Gasteiger partial charge is 0.492 e. The monoisotopic (exact) mass is 379 g/mol. The Morgan fingerprint density at radius 1 is 1.15 bits per heavy atom. The van der Waals surface area contributed by atoms with Crippen LogP contribution in [0.2, 0.25) is 0 Å². The third kappa shape index (κ3) is 4.60. The predicted molar refractivity (Wildman–Crippen MR) is 97.6 cm³/mol. The molecule has 0 spiro atoms. The number of amides is 1. The molecule has 2 rings (SSSR count). The number of halogens is 1. The van der Waals surface area contributed by atoms with Gasteiger partial charge in [-0.05, 0) is 44.2 Å². The van der Waals surface area contributed by atoms with Gasteiger partial charge in [-0.2, -0.15) is 0 Å². The smallest absolute Gasteiger partial charge is 0.256 e. The highest BCUT2D eigenvalue weighted by molar-refractivity contribution is 7.92. The van der Waals surface area contributed by atoms with Gasteiger partial charge in [-0.3, -0.25) is 4.79 Å². The Labute approximate surface area is 153 Å². The molecule has 0 fully saturated rings. The molecule has 0 bridgehead atoms. The lowest BCUT2D eigenvalue weighted by molar-refractivity contribution is 0.0769. The van der Waals surface area contributed by atoms with Crippen molar-refractivity contribution in [2.75, 3.05) is 20.2 Å². The van der Waals surface area contributed by atoms with Crippen molar-refractivity contribution in [1.29, 1.82) is 0 Å². The summed E-state index contributed by atoms with van der Waals surface area (Å²) < 4.78 is 44.1. The van der Waals surface area contributed by atoms with Gasteiger partial charge in [0.25, 0.3) is 5.91 Å². The van der Waals surface area contributed by atoms with Crippen molar-refractivity contribution in [3.63, 3.8) is 0 Å². The van der Waals surface area contributed by atoms with Crippen LogP contribution in [0.5, 0.6) is 5.75 Å². The van der Waals surface area contributed by atoms with Gasteiger partial charge in [0.1, 0.15) is 18.2 Å². The van der Waals surface area contributed by atoms with Crippen LogP contribution in [0.1, 0.15) is 24.2 Å². The van der Waals surface area contributed by atoms with Gasteiger partial charge in [0, 0.05) is 7.05 Å². The minimum Gasteiger partial charge on any atom is -0.492 e. The maximum absolute atomic E-state index is 14.1. The van der Waals surface area contributed by atoms with E-state index in [0.717, 1.165) is 12.1 Å². The lowest BCUT2D eigenvalue weighted by Gasteiger charge is -2.18. The summed E-state index contributed by atoms with van der Waals surface area (Å²) in [7, 11) is -2.08. The fourth-order valence-electron chi connectivity index (χ4n) is 2.24. The molecule has 0 radical (unpaired) electrons. The molecule has 1 amide bonds. The number of carbonyl (C=O) groups excluding carboxylic acids is 1. The maximum atomic E-state index is 14.1. The highest BCUT2D eigenvalue weighted by Crippen LogP contribution is 2.20. The Hall–Kier alpha value is -2.41. The predicted octanol–water partition coefficient (Wildman–Crippen LogP) is 3.16. The minimum absolute atomic E-state index is 0.0637. The Morgan fingerprint density at radius 2 is 1.81 bits per heavy atom. The van der Waals surface area contributed by atoms with Crippen molar-refractivity contribution in [2.45, 2.75) is 24.0 Å². The lowest BCUT2D eigenvalue weighted by Crippen LogP contribution is -2.31. The average Bonchev–Trinajstić information content (AvgIpc) is 2.62. The molecule has 0 aliphatic carbocycles. The van der Waals surface area contributed by atoms with E-state index in [1.807, 2.05) is 18.2 Å². The van der Waals surface area contributed by atoms with Crippen molar-refractivity contribution in [1.82, 2.24) is 4.90 Å². The summed E-state index contributed by atoms with van der Waals surface area (Å²) in [5.74, 6) is -0.682. The van der Waals surface area contributed by atoms with Crippen LogP contribution in [-0.2, 0) is 9.84 Å². The number of benzene rings is 2. The van der Waals surface area contributed by atoms with Gasteiger partial charge in [-0.25, -0.2) is 12.8 Å². The van der Waals surface area contributed by atoms with Gasteiger partial charge in [-0.15, -0.1) is 0 Å². The fraction of sp³-hybridized carbons (Fsp3) is 0.316. The molecular weight excluding hydrogens is 357 g/mol. The number of carbonyl (C=O) groups is 1. The van der Waals surface area contributed by atoms with Gasteiger partial charge in [0.15, 0.2) is 9.84 Å². The van der Waals surface area contributed by atoms with E-state index in [4.69, 9.17) is 4.74 Å². The zero-order valence-corrected chi connectivity index (χ0v) is 15.8.